The van der Waals surface area contributed by atoms with E-state index >= 15 is 0 Å². The fraction of sp³-hybridized carbons (Fsp3) is 0.867. The van der Waals surface area contributed by atoms with E-state index in [9.17, 15) is 0 Å². The Kier molecular flexibility index (Phi) is 4.36. The molecule has 1 nitrogen and oxygen atoms in total. The molecule has 3 heteroatoms. The lowest BCUT2D eigenvalue weighted by molar-refractivity contribution is -0.143. The second-order valence-electron chi connectivity index (χ2n) is 6.64. The average molecular weight is 380 g/mol. The van der Waals surface area contributed by atoms with E-state index in [4.69, 9.17) is 4.74 Å². The summed E-state index contributed by atoms with van der Waals surface area (Å²) in [6.45, 7) is 9.29. The van der Waals surface area contributed by atoms with Gasteiger partial charge in [0.2, 0.25) is 0 Å². The lowest BCUT2D eigenvalue weighted by Gasteiger charge is -2.52. The Morgan fingerprint density at radius 2 is 2.06 bits per heavy atom. The van der Waals surface area contributed by atoms with Crippen LogP contribution in [-0.4, -0.2) is 21.9 Å². The van der Waals surface area contributed by atoms with Crippen LogP contribution in [0.3, 0.4) is 0 Å². The molecular weight excluding hydrogens is 356 g/mol. The lowest BCUT2D eigenvalue weighted by atomic mass is 9.60. The van der Waals surface area contributed by atoms with E-state index in [1.807, 2.05) is 0 Å². The van der Waals surface area contributed by atoms with E-state index in [-0.39, 0.29) is 17.1 Å². The molecule has 0 amide bonds. The summed E-state index contributed by atoms with van der Waals surface area (Å²) in [4.78, 5) is 0.598. The monoisotopic (exact) mass is 378 g/mol. The number of fused-ring (bicyclic) bond motifs is 1. The molecule has 1 heterocycles. The number of rotatable bonds is 1. The van der Waals surface area contributed by atoms with Crippen molar-refractivity contribution in [2.75, 3.05) is 5.33 Å². The van der Waals surface area contributed by atoms with Crippen LogP contribution in [-0.2, 0) is 4.74 Å². The molecule has 1 aliphatic heterocycles. The van der Waals surface area contributed by atoms with Gasteiger partial charge in [0, 0.05) is 10.2 Å². The molecule has 1 saturated carbocycles. The van der Waals surface area contributed by atoms with Gasteiger partial charge in [0.05, 0.1) is 11.7 Å². The van der Waals surface area contributed by atoms with E-state index in [1.54, 1.807) is 0 Å². The highest BCUT2D eigenvalue weighted by molar-refractivity contribution is 9.09. The highest BCUT2D eigenvalue weighted by Gasteiger charge is 2.52. The molecule has 1 aliphatic carbocycles. The largest absolute Gasteiger partial charge is 0.367 e. The topological polar surface area (TPSA) is 9.23 Å². The smallest absolute Gasteiger partial charge is 0.0886 e. The molecule has 0 aromatic heterocycles. The van der Waals surface area contributed by atoms with Crippen molar-refractivity contribution in [3.05, 3.63) is 11.6 Å². The Hall–Kier alpha value is 0.660. The van der Waals surface area contributed by atoms with Crippen LogP contribution in [0.25, 0.3) is 0 Å². The molecule has 4 atom stereocenters. The van der Waals surface area contributed by atoms with Crippen LogP contribution >= 0.6 is 31.9 Å². The summed E-state index contributed by atoms with van der Waals surface area (Å²) in [5.41, 5.74) is 1.68. The van der Waals surface area contributed by atoms with Gasteiger partial charge in [-0.2, -0.15) is 0 Å². The van der Waals surface area contributed by atoms with Crippen LogP contribution < -0.4 is 0 Å². The molecule has 0 N–H and O–H groups in total. The van der Waals surface area contributed by atoms with Crippen molar-refractivity contribution in [2.24, 2.45) is 11.3 Å². The van der Waals surface area contributed by atoms with Crippen molar-refractivity contribution in [2.45, 2.75) is 63.5 Å². The predicted molar refractivity (Wildman–Crippen MR) is 84.7 cm³/mol. The molecule has 2 rings (SSSR count). The third kappa shape index (κ3) is 2.47. The van der Waals surface area contributed by atoms with Crippen LogP contribution in [0.2, 0.25) is 0 Å². The molecule has 0 aromatic carbocycles. The Balaban J connectivity index is 2.34. The standard InChI is InChI=1S/C15H24Br2O/c1-10-5-6-12-14(2,3)13(17)7-8-15(12,4)18-11(10)9-16/h5,11-13H,6-9H2,1-4H3/t11?,12?,13-,15-/m1/s1. The zero-order valence-electron chi connectivity index (χ0n) is 11.8. The fourth-order valence-electron chi connectivity index (χ4n) is 3.67. The minimum Gasteiger partial charge on any atom is -0.367 e. The summed E-state index contributed by atoms with van der Waals surface area (Å²) in [7, 11) is 0. The third-order valence-electron chi connectivity index (χ3n) is 5.07. The van der Waals surface area contributed by atoms with Gasteiger partial charge in [-0.3, -0.25) is 0 Å². The number of halogens is 2. The van der Waals surface area contributed by atoms with Gasteiger partial charge in [0.15, 0.2) is 0 Å². The summed E-state index contributed by atoms with van der Waals surface area (Å²) in [5, 5.41) is 0.899. The van der Waals surface area contributed by atoms with E-state index in [0.29, 0.717) is 10.7 Å². The van der Waals surface area contributed by atoms with Crippen LogP contribution in [0, 0.1) is 11.3 Å². The highest BCUT2D eigenvalue weighted by atomic mass is 79.9. The van der Waals surface area contributed by atoms with Crippen LogP contribution in [0.5, 0.6) is 0 Å². The van der Waals surface area contributed by atoms with Gasteiger partial charge in [-0.25, -0.2) is 0 Å². The second kappa shape index (κ2) is 5.21. The highest BCUT2D eigenvalue weighted by Crippen LogP contribution is 2.53. The fourth-order valence-corrected chi connectivity index (χ4v) is 4.86. The first-order valence-electron chi connectivity index (χ1n) is 6.86. The maximum atomic E-state index is 6.51. The number of ether oxygens (including phenoxy) is 1. The van der Waals surface area contributed by atoms with Crippen LogP contribution in [0.1, 0.15) is 47.0 Å². The first kappa shape index (κ1) is 15.1. The summed E-state index contributed by atoms with van der Waals surface area (Å²) < 4.78 is 6.51. The Morgan fingerprint density at radius 1 is 1.39 bits per heavy atom. The molecule has 2 unspecified atom stereocenters. The maximum absolute atomic E-state index is 6.51. The first-order chi connectivity index (χ1) is 8.31. The molecule has 104 valence electrons. The van der Waals surface area contributed by atoms with Crippen molar-refractivity contribution in [1.82, 2.24) is 0 Å². The molecule has 0 spiro atoms. The van der Waals surface area contributed by atoms with Crippen LogP contribution in [0.4, 0.5) is 0 Å². The molecule has 2 aliphatic rings. The minimum absolute atomic E-state index is 0.0144. The molecule has 18 heavy (non-hydrogen) atoms. The molecule has 0 aromatic rings. The maximum Gasteiger partial charge on any atom is 0.0886 e. The van der Waals surface area contributed by atoms with E-state index in [1.165, 1.54) is 12.0 Å². The first-order valence-corrected chi connectivity index (χ1v) is 8.89. The van der Waals surface area contributed by atoms with E-state index < -0.39 is 0 Å². The zero-order chi connectivity index (χ0) is 13.6. The van der Waals surface area contributed by atoms with Crippen molar-refractivity contribution < 1.29 is 4.74 Å². The normalized spacial score (nSPS) is 43.9. The number of allylic oxidation sites excluding steroid dienone is 1. The van der Waals surface area contributed by atoms with Gasteiger partial charge in [-0.05, 0) is 50.0 Å². The lowest BCUT2D eigenvalue weighted by Crippen LogP contribution is -2.53. The Labute approximate surface area is 128 Å². The molecule has 0 saturated heterocycles. The second-order valence-corrected chi connectivity index (χ2v) is 8.39. The number of hydrogen-bond donors (Lipinski definition) is 0. The summed E-state index contributed by atoms with van der Waals surface area (Å²) in [6.07, 6.45) is 6.13. The molecule has 1 fully saturated rings. The van der Waals surface area contributed by atoms with Crippen molar-refractivity contribution >= 4 is 31.9 Å². The van der Waals surface area contributed by atoms with Gasteiger partial charge in [-0.1, -0.05) is 51.8 Å². The average Bonchev–Trinajstić information content (AvgIpc) is 2.43. The van der Waals surface area contributed by atoms with E-state index in [2.05, 4.69) is 65.6 Å². The van der Waals surface area contributed by atoms with Crippen molar-refractivity contribution in [1.29, 1.82) is 0 Å². The third-order valence-corrected chi connectivity index (χ3v) is 7.30. The SMILES string of the molecule is CC1=CCC2C(C)(C)[C@H](Br)CC[C@@]2(C)OC1CBr. The summed E-state index contributed by atoms with van der Waals surface area (Å²) in [6, 6.07) is 0. The summed E-state index contributed by atoms with van der Waals surface area (Å²) in [5.74, 6) is 0.585. The zero-order valence-corrected chi connectivity index (χ0v) is 15.0. The van der Waals surface area contributed by atoms with Crippen molar-refractivity contribution in [3.8, 4) is 0 Å². The Morgan fingerprint density at radius 3 is 2.67 bits per heavy atom. The summed E-state index contributed by atoms with van der Waals surface area (Å²) >= 11 is 7.48. The van der Waals surface area contributed by atoms with Gasteiger partial charge < -0.3 is 4.74 Å². The van der Waals surface area contributed by atoms with Gasteiger partial charge in [0.1, 0.15) is 0 Å². The number of alkyl halides is 2. The van der Waals surface area contributed by atoms with Gasteiger partial charge >= 0.3 is 0 Å². The minimum atomic E-state index is 0.0144. The molecule has 0 radical (unpaired) electrons. The predicted octanol–water partition coefficient (Wildman–Crippen LogP) is 5.07. The molecule has 0 bridgehead atoms. The van der Waals surface area contributed by atoms with E-state index in [0.717, 1.165) is 18.2 Å². The Bertz CT molecular complexity index is 350. The molecular formula is C15H24Br2O. The van der Waals surface area contributed by atoms with Gasteiger partial charge in [0.25, 0.3) is 0 Å². The quantitative estimate of drug-likeness (QED) is 0.456. The van der Waals surface area contributed by atoms with Crippen LogP contribution in [0.15, 0.2) is 11.6 Å². The van der Waals surface area contributed by atoms with Crippen molar-refractivity contribution in [3.63, 3.8) is 0 Å². The van der Waals surface area contributed by atoms with Gasteiger partial charge in [-0.15, -0.1) is 0 Å². The number of hydrogen-bond acceptors (Lipinski definition) is 1.